The van der Waals surface area contributed by atoms with Crippen molar-refractivity contribution in [2.75, 3.05) is 44.9 Å². The van der Waals surface area contributed by atoms with Crippen LogP contribution in [0, 0.1) is 22.6 Å². The van der Waals surface area contributed by atoms with E-state index < -0.39 is 12.1 Å². The molecule has 4 rings (SSSR count). The van der Waals surface area contributed by atoms with E-state index in [4.69, 9.17) is 29.4 Å². The fraction of sp³-hybridized carbons (Fsp3) is 0.440. The second-order valence-electron chi connectivity index (χ2n) is 8.80. The zero-order valence-electron chi connectivity index (χ0n) is 20.1. The minimum absolute atomic E-state index is 0.143. The molecule has 0 aromatic heterocycles. The van der Waals surface area contributed by atoms with Crippen LogP contribution in [0.25, 0.3) is 0 Å². The molecule has 1 spiro atoms. The summed E-state index contributed by atoms with van der Waals surface area (Å²) >= 11 is 0. The van der Waals surface area contributed by atoms with Gasteiger partial charge in [-0.1, -0.05) is 6.07 Å². The van der Waals surface area contributed by atoms with Gasteiger partial charge >= 0.3 is 12.1 Å². The predicted octanol–water partition coefficient (Wildman–Crippen LogP) is 3.70. The number of nitrogens with one attached hydrogen (secondary N) is 1. The number of benzene rings is 2. The number of ether oxygens (including phenoxy) is 3. The summed E-state index contributed by atoms with van der Waals surface area (Å²) in [5.41, 5.74) is 2.54. The molecule has 2 aliphatic heterocycles. The zero-order valence-corrected chi connectivity index (χ0v) is 20.1. The first-order chi connectivity index (χ1) is 17.5. The Morgan fingerprint density at radius 2 is 1.84 bits per heavy atom. The number of aliphatic carboxylic acids is 1. The zero-order chi connectivity index (χ0) is 27.1. The standard InChI is InChI=1S/C23H26FN3O3.C2HF3O2/c1-28-21-7-4-18(10-20(21)24)12-27(19-5-2-17(11-25)3-6-19)9-8-22-29-15-23(16-30-22)13-26-14-23;3-2(4,5)1(6)7/h2-7,10,22,26H,8-9,12-16H2,1H3;(H,6,7). The summed E-state index contributed by atoms with van der Waals surface area (Å²) in [6, 6.07) is 14.5. The first-order valence-corrected chi connectivity index (χ1v) is 11.4. The van der Waals surface area contributed by atoms with E-state index in [1.165, 1.54) is 13.2 Å². The maximum atomic E-state index is 14.2. The summed E-state index contributed by atoms with van der Waals surface area (Å²) in [6.07, 6.45) is -4.63. The molecule has 2 aromatic rings. The number of carbonyl (C=O) groups is 1. The second-order valence-corrected chi connectivity index (χ2v) is 8.80. The molecule has 2 fully saturated rings. The largest absolute Gasteiger partial charge is 0.494 e. The van der Waals surface area contributed by atoms with Crippen LogP contribution in [0.1, 0.15) is 17.5 Å². The number of hydrogen-bond donors (Lipinski definition) is 2. The van der Waals surface area contributed by atoms with Crippen molar-refractivity contribution >= 4 is 11.7 Å². The molecule has 0 amide bonds. The molecule has 0 unspecified atom stereocenters. The molecule has 2 saturated heterocycles. The van der Waals surface area contributed by atoms with Gasteiger partial charge in [-0.05, 0) is 42.0 Å². The van der Waals surface area contributed by atoms with Crippen molar-refractivity contribution in [1.29, 1.82) is 5.26 Å². The van der Waals surface area contributed by atoms with E-state index in [1.807, 2.05) is 18.2 Å². The number of carboxylic acid groups (broad SMARTS) is 1. The third-order valence-electron chi connectivity index (χ3n) is 5.98. The Labute approximate surface area is 211 Å². The van der Waals surface area contributed by atoms with Crippen molar-refractivity contribution in [3.05, 3.63) is 59.4 Å². The molecule has 0 radical (unpaired) electrons. The summed E-state index contributed by atoms with van der Waals surface area (Å²) in [5.74, 6) is -2.91. The third-order valence-corrected chi connectivity index (χ3v) is 5.98. The molecule has 37 heavy (non-hydrogen) atoms. The fourth-order valence-electron chi connectivity index (χ4n) is 3.81. The Hall–Kier alpha value is -3.40. The van der Waals surface area contributed by atoms with Crippen molar-refractivity contribution < 1.29 is 41.7 Å². The number of halogens is 4. The molecule has 0 saturated carbocycles. The van der Waals surface area contributed by atoms with Crippen LogP contribution >= 0.6 is 0 Å². The average Bonchev–Trinajstić information content (AvgIpc) is 2.86. The Morgan fingerprint density at radius 1 is 1.22 bits per heavy atom. The smallest absolute Gasteiger partial charge is 0.490 e. The molecule has 0 aliphatic carbocycles. The van der Waals surface area contributed by atoms with Gasteiger partial charge in [0.15, 0.2) is 17.9 Å². The minimum Gasteiger partial charge on any atom is -0.494 e. The number of nitriles is 1. The van der Waals surface area contributed by atoms with Crippen molar-refractivity contribution in [3.63, 3.8) is 0 Å². The molecule has 200 valence electrons. The number of rotatable bonds is 7. The lowest BCUT2D eigenvalue weighted by molar-refractivity contribution is -0.239. The molecular formula is C25H27F4N3O5. The van der Waals surface area contributed by atoms with Gasteiger partial charge in [-0.15, -0.1) is 0 Å². The second kappa shape index (κ2) is 12.2. The topological polar surface area (TPSA) is 104 Å². The monoisotopic (exact) mass is 525 g/mol. The van der Waals surface area contributed by atoms with Crippen LogP contribution in [-0.2, 0) is 20.8 Å². The lowest BCUT2D eigenvalue weighted by atomic mass is 9.83. The quantitative estimate of drug-likeness (QED) is 0.528. The van der Waals surface area contributed by atoms with Crippen LogP contribution in [0.4, 0.5) is 23.2 Å². The number of hydrogen-bond acceptors (Lipinski definition) is 7. The van der Waals surface area contributed by atoms with Gasteiger partial charge < -0.3 is 29.5 Å². The van der Waals surface area contributed by atoms with E-state index in [9.17, 15) is 17.6 Å². The highest BCUT2D eigenvalue weighted by molar-refractivity contribution is 5.73. The summed E-state index contributed by atoms with van der Waals surface area (Å²) in [6.45, 7) is 4.51. The predicted molar refractivity (Wildman–Crippen MR) is 124 cm³/mol. The van der Waals surface area contributed by atoms with E-state index in [-0.39, 0.29) is 23.3 Å². The Kier molecular flexibility index (Phi) is 9.31. The summed E-state index contributed by atoms with van der Waals surface area (Å²) < 4.78 is 62.8. The van der Waals surface area contributed by atoms with Gasteiger partial charge in [0.05, 0.1) is 32.0 Å². The fourth-order valence-corrected chi connectivity index (χ4v) is 3.81. The van der Waals surface area contributed by atoms with Gasteiger partial charge in [-0.2, -0.15) is 18.4 Å². The Bertz CT molecular complexity index is 1090. The number of nitrogens with zero attached hydrogens (tertiary/aromatic N) is 2. The molecule has 8 nitrogen and oxygen atoms in total. The van der Waals surface area contributed by atoms with Gasteiger partial charge in [0.1, 0.15) is 0 Å². The van der Waals surface area contributed by atoms with Gasteiger partial charge in [0, 0.05) is 43.7 Å². The molecule has 2 aliphatic rings. The highest BCUT2D eigenvalue weighted by Gasteiger charge is 2.42. The maximum Gasteiger partial charge on any atom is 0.490 e. The highest BCUT2D eigenvalue weighted by Crippen LogP contribution is 2.30. The van der Waals surface area contributed by atoms with Gasteiger partial charge in [0.2, 0.25) is 0 Å². The molecule has 2 N–H and O–H groups in total. The van der Waals surface area contributed by atoms with Gasteiger partial charge in [-0.3, -0.25) is 0 Å². The van der Waals surface area contributed by atoms with Gasteiger partial charge in [0.25, 0.3) is 0 Å². The molecule has 0 bridgehead atoms. The lowest BCUT2D eigenvalue weighted by Crippen LogP contribution is -2.61. The molecular weight excluding hydrogens is 498 g/mol. The Balaban J connectivity index is 0.000000479. The lowest BCUT2D eigenvalue weighted by Gasteiger charge is -2.46. The number of methoxy groups -OCH3 is 1. The van der Waals surface area contributed by atoms with E-state index >= 15 is 0 Å². The summed E-state index contributed by atoms with van der Waals surface area (Å²) in [4.78, 5) is 11.0. The normalized spacial score (nSPS) is 16.6. The molecule has 0 atom stereocenters. The average molecular weight is 525 g/mol. The van der Waals surface area contributed by atoms with E-state index in [2.05, 4.69) is 16.3 Å². The maximum absolute atomic E-state index is 14.2. The Morgan fingerprint density at radius 3 is 2.30 bits per heavy atom. The summed E-state index contributed by atoms with van der Waals surface area (Å²) in [7, 11) is 1.45. The first-order valence-electron chi connectivity index (χ1n) is 11.4. The van der Waals surface area contributed by atoms with Crippen molar-refractivity contribution in [2.45, 2.75) is 25.4 Å². The van der Waals surface area contributed by atoms with Crippen LogP contribution in [0.3, 0.4) is 0 Å². The first kappa shape index (κ1) is 28.2. The van der Waals surface area contributed by atoms with E-state index in [1.54, 1.807) is 18.2 Å². The van der Waals surface area contributed by atoms with E-state index in [0.29, 0.717) is 38.3 Å². The van der Waals surface area contributed by atoms with Crippen LogP contribution < -0.4 is 15.0 Å². The van der Waals surface area contributed by atoms with Crippen molar-refractivity contribution in [3.8, 4) is 11.8 Å². The van der Waals surface area contributed by atoms with Gasteiger partial charge in [-0.25, -0.2) is 9.18 Å². The highest BCUT2D eigenvalue weighted by atomic mass is 19.4. The number of anilines is 1. The number of carboxylic acids is 1. The van der Waals surface area contributed by atoms with Crippen molar-refractivity contribution in [2.24, 2.45) is 5.41 Å². The third kappa shape index (κ3) is 7.79. The minimum atomic E-state index is -5.08. The van der Waals surface area contributed by atoms with Crippen LogP contribution in [-0.4, -0.2) is 63.5 Å². The molecule has 12 heteroatoms. The van der Waals surface area contributed by atoms with E-state index in [0.717, 1.165) is 24.3 Å². The summed E-state index contributed by atoms with van der Waals surface area (Å²) in [5, 5.41) is 19.5. The van der Waals surface area contributed by atoms with Crippen LogP contribution in [0.15, 0.2) is 42.5 Å². The van der Waals surface area contributed by atoms with Crippen LogP contribution in [0.5, 0.6) is 5.75 Å². The SMILES string of the molecule is COc1ccc(CN(CCC2OCC3(CNC3)CO2)c2ccc(C#N)cc2)cc1F.O=C(O)C(F)(F)F. The number of alkyl halides is 3. The molecule has 2 aromatic carbocycles. The molecule has 2 heterocycles. The van der Waals surface area contributed by atoms with Crippen LogP contribution in [0.2, 0.25) is 0 Å². The van der Waals surface area contributed by atoms with Crippen molar-refractivity contribution in [1.82, 2.24) is 5.32 Å².